The Balaban J connectivity index is 2.63. The second-order valence-corrected chi connectivity index (χ2v) is 4.53. The van der Waals surface area contributed by atoms with Gasteiger partial charge in [-0.15, -0.1) is 0 Å². The smallest absolute Gasteiger partial charge is 0.121 e. The molecule has 2 atom stereocenters. The Labute approximate surface area is 98.2 Å². The SMILES string of the molecule is CC(N)CC(C)Oc1cccc(N(C)C)c1. The van der Waals surface area contributed by atoms with Gasteiger partial charge in [-0.3, -0.25) is 0 Å². The summed E-state index contributed by atoms with van der Waals surface area (Å²) in [5.41, 5.74) is 6.88. The molecule has 0 saturated heterocycles. The summed E-state index contributed by atoms with van der Waals surface area (Å²) in [4.78, 5) is 2.06. The topological polar surface area (TPSA) is 38.5 Å². The number of anilines is 1. The maximum atomic E-state index is 5.81. The summed E-state index contributed by atoms with van der Waals surface area (Å²) in [7, 11) is 4.04. The molecule has 0 radical (unpaired) electrons. The van der Waals surface area contributed by atoms with Crippen LogP contribution in [0.1, 0.15) is 20.3 Å². The summed E-state index contributed by atoms with van der Waals surface area (Å²) in [5, 5.41) is 0. The number of nitrogens with two attached hydrogens (primary N) is 1. The third kappa shape index (κ3) is 4.11. The molecule has 0 spiro atoms. The van der Waals surface area contributed by atoms with E-state index in [1.807, 2.05) is 46.1 Å². The van der Waals surface area contributed by atoms with Crippen molar-refractivity contribution in [3.05, 3.63) is 24.3 Å². The largest absolute Gasteiger partial charge is 0.491 e. The van der Waals surface area contributed by atoms with E-state index in [1.54, 1.807) is 0 Å². The summed E-state index contributed by atoms with van der Waals surface area (Å²) in [6, 6.07) is 8.25. The predicted octanol–water partition coefficient (Wildman–Crippen LogP) is 2.26. The van der Waals surface area contributed by atoms with Gasteiger partial charge in [0.2, 0.25) is 0 Å². The second kappa shape index (κ2) is 5.75. The maximum absolute atomic E-state index is 5.81. The highest BCUT2D eigenvalue weighted by atomic mass is 16.5. The second-order valence-electron chi connectivity index (χ2n) is 4.53. The Kier molecular flexibility index (Phi) is 4.62. The number of hydrogen-bond donors (Lipinski definition) is 1. The maximum Gasteiger partial charge on any atom is 0.121 e. The lowest BCUT2D eigenvalue weighted by Crippen LogP contribution is -2.24. The molecule has 90 valence electrons. The van der Waals surface area contributed by atoms with Gasteiger partial charge in [-0.25, -0.2) is 0 Å². The van der Waals surface area contributed by atoms with Crippen LogP contribution in [0.3, 0.4) is 0 Å². The molecule has 16 heavy (non-hydrogen) atoms. The monoisotopic (exact) mass is 222 g/mol. The Morgan fingerprint density at radius 3 is 2.56 bits per heavy atom. The van der Waals surface area contributed by atoms with Crippen molar-refractivity contribution in [2.24, 2.45) is 5.73 Å². The van der Waals surface area contributed by atoms with Gasteiger partial charge in [0.1, 0.15) is 5.75 Å². The third-order valence-corrected chi connectivity index (χ3v) is 2.37. The molecule has 0 amide bonds. The van der Waals surface area contributed by atoms with Crippen LogP contribution in [-0.4, -0.2) is 26.2 Å². The number of ether oxygens (including phenoxy) is 1. The zero-order valence-corrected chi connectivity index (χ0v) is 10.6. The van der Waals surface area contributed by atoms with Crippen molar-refractivity contribution in [1.82, 2.24) is 0 Å². The van der Waals surface area contributed by atoms with Gasteiger partial charge < -0.3 is 15.4 Å². The van der Waals surface area contributed by atoms with E-state index in [9.17, 15) is 0 Å². The van der Waals surface area contributed by atoms with Crippen LogP contribution in [0.15, 0.2) is 24.3 Å². The molecule has 3 heteroatoms. The van der Waals surface area contributed by atoms with E-state index in [2.05, 4.69) is 11.0 Å². The lowest BCUT2D eigenvalue weighted by atomic mass is 10.2. The fourth-order valence-electron chi connectivity index (χ4n) is 1.64. The van der Waals surface area contributed by atoms with Crippen LogP contribution in [-0.2, 0) is 0 Å². The average molecular weight is 222 g/mol. The number of benzene rings is 1. The van der Waals surface area contributed by atoms with E-state index < -0.39 is 0 Å². The molecule has 1 rings (SSSR count). The first kappa shape index (κ1) is 12.8. The Morgan fingerprint density at radius 1 is 1.31 bits per heavy atom. The minimum Gasteiger partial charge on any atom is -0.491 e. The first-order valence-corrected chi connectivity index (χ1v) is 5.68. The number of nitrogens with zero attached hydrogens (tertiary/aromatic N) is 1. The molecule has 0 fully saturated rings. The molecule has 0 aliphatic rings. The van der Waals surface area contributed by atoms with Gasteiger partial charge in [0, 0.05) is 31.9 Å². The highest BCUT2D eigenvalue weighted by Gasteiger charge is 2.07. The first-order valence-electron chi connectivity index (χ1n) is 5.68. The summed E-state index contributed by atoms with van der Waals surface area (Å²) in [6.07, 6.45) is 1.02. The van der Waals surface area contributed by atoms with E-state index in [-0.39, 0.29) is 12.1 Å². The standard InChI is InChI=1S/C13H22N2O/c1-10(14)8-11(2)16-13-7-5-6-12(9-13)15(3)4/h5-7,9-11H,8,14H2,1-4H3. The summed E-state index contributed by atoms with van der Waals surface area (Å²) in [5.74, 6) is 0.902. The zero-order valence-electron chi connectivity index (χ0n) is 10.6. The summed E-state index contributed by atoms with van der Waals surface area (Å²) in [6.45, 7) is 4.04. The van der Waals surface area contributed by atoms with Gasteiger partial charge in [-0.05, 0) is 32.4 Å². The van der Waals surface area contributed by atoms with E-state index >= 15 is 0 Å². The number of rotatable bonds is 5. The molecule has 2 unspecified atom stereocenters. The molecule has 3 nitrogen and oxygen atoms in total. The summed E-state index contributed by atoms with van der Waals surface area (Å²) >= 11 is 0. The molecule has 0 aliphatic heterocycles. The quantitative estimate of drug-likeness (QED) is 0.830. The van der Waals surface area contributed by atoms with Crippen LogP contribution >= 0.6 is 0 Å². The molecule has 0 bridgehead atoms. The summed E-state index contributed by atoms with van der Waals surface area (Å²) < 4.78 is 5.81. The predicted molar refractivity (Wildman–Crippen MR) is 69.1 cm³/mol. The van der Waals surface area contributed by atoms with E-state index in [0.717, 1.165) is 17.9 Å². The van der Waals surface area contributed by atoms with Crippen molar-refractivity contribution in [3.63, 3.8) is 0 Å². The van der Waals surface area contributed by atoms with E-state index in [4.69, 9.17) is 10.5 Å². The molecule has 2 N–H and O–H groups in total. The van der Waals surface area contributed by atoms with Gasteiger partial charge in [0.05, 0.1) is 6.10 Å². The van der Waals surface area contributed by atoms with Crippen LogP contribution in [0.4, 0.5) is 5.69 Å². The normalized spacial score (nSPS) is 14.3. The van der Waals surface area contributed by atoms with Gasteiger partial charge in [-0.2, -0.15) is 0 Å². The van der Waals surface area contributed by atoms with Crippen molar-refractivity contribution in [3.8, 4) is 5.75 Å². The lowest BCUT2D eigenvalue weighted by molar-refractivity contribution is 0.203. The van der Waals surface area contributed by atoms with Crippen LogP contribution in [0.2, 0.25) is 0 Å². The lowest BCUT2D eigenvalue weighted by Gasteiger charge is -2.18. The Morgan fingerprint density at radius 2 is 2.00 bits per heavy atom. The third-order valence-electron chi connectivity index (χ3n) is 2.37. The molecular formula is C13H22N2O. The Bertz CT molecular complexity index is 323. The van der Waals surface area contributed by atoms with Crippen molar-refractivity contribution in [1.29, 1.82) is 0 Å². The van der Waals surface area contributed by atoms with Gasteiger partial charge >= 0.3 is 0 Å². The van der Waals surface area contributed by atoms with Crippen LogP contribution in [0, 0.1) is 0 Å². The highest BCUT2D eigenvalue weighted by molar-refractivity contribution is 5.49. The van der Waals surface area contributed by atoms with Crippen molar-refractivity contribution in [2.45, 2.75) is 32.4 Å². The Hall–Kier alpha value is -1.22. The first-order chi connectivity index (χ1) is 7.49. The number of hydrogen-bond acceptors (Lipinski definition) is 3. The molecule has 1 aromatic rings. The molecule has 1 aromatic carbocycles. The minimum absolute atomic E-state index is 0.150. The van der Waals surface area contributed by atoms with Crippen LogP contribution < -0.4 is 15.4 Å². The minimum atomic E-state index is 0.150. The van der Waals surface area contributed by atoms with Crippen LogP contribution in [0.25, 0.3) is 0 Å². The fourth-order valence-corrected chi connectivity index (χ4v) is 1.64. The zero-order chi connectivity index (χ0) is 12.1. The molecule has 0 aromatic heterocycles. The fraction of sp³-hybridized carbons (Fsp3) is 0.538. The molecule has 0 saturated carbocycles. The van der Waals surface area contributed by atoms with Crippen LogP contribution in [0.5, 0.6) is 5.75 Å². The van der Waals surface area contributed by atoms with Crippen molar-refractivity contribution in [2.75, 3.05) is 19.0 Å². The highest BCUT2D eigenvalue weighted by Crippen LogP contribution is 2.20. The van der Waals surface area contributed by atoms with Gasteiger partial charge in [-0.1, -0.05) is 6.07 Å². The van der Waals surface area contributed by atoms with Crippen molar-refractivity contribution >= 4 is 5.69 Å². The molecular weight excluding hydrogens is 200 g/mol. The van der Waals surface area contributed by atoms with Crippen molar-refractivity contribution < 1.29 is 4.74 Å². The molecule has 0 heterocycles. The molecule has 0 aliphatic carbocycles. The average Bonchev–Trinajstić information content (AvgIpc) is 2.16. The van der Waals surface area contributed by atoms with Gasteiger partial charge in [0.15, 0.2) is 0 Å². The van der Waals surface area contributed by atoms with E-state index in [1.165, 1.54) is 0 Å². The van der Waals surface area contributed by atoms with Gasteiger partial charge in [0.25, 0.3) is 0 Å². The van der Waals surface area contributed by atoms with E-state index in [0.29, 0.717) is 0 Å².